The molecule has 2 N–H and O–H groups in total. The van der Waals surface area contributed by atoms with Gasteiger partial charge in [0.15, 0.2) is 5.96 Å². The zero-order valence-electron chi connectivity index (χ0n) is 13.9. The van der Waals surface area contributed by atoms with Gasteiger partial charge in [-0.3, -0.25) is 4.98 Å². The van der Waals surface area contributed by atoms with Gasteiger partial charge in [0.05, 0.1) is 12.2 Å². The van der Waals surface area contributed by atoms with Crippen molar-refractivity contribution in [2.45, 2.75) is 31.1 Å². The van der Waals surface area contributed by atoms with Crippen molar-refractivity contribution in [2.24, 2.45) is 4.99 Å². The Morgan fingerprint density at radius 3 is 2.74 bits per heavy atom. The van der Waals surface area contributed by atoms with Gasteiger partial charge in [0.25, 0.3) is 0 Å². The molecule has 0 bridgehead atoms. The molecule has 1 aromatic rings. The second kappa shape index (κ2) is 11.1. The van der Waals surface area contributed by atoms with Crippen molar-refractivity contribution in [1.82, 2.24) is 15.6 Å². The first kappa shape index (κ1) is 20.5. The fraction of sp³-hybridized carbons (Fsp3) is 0.625. The Balaban J connectivity index is 0.00000264. The number of aromatic nitrogens is 1. The lowest BCUT2D eigenvalue weighted by molar-refractivity contribution is 0.0783. The van der Waals surface area contributed by atoms with E-state index in [0.717, 1.165) is 50.8 Å². The summed E-state index contributed by atoms with van der Waals surface area (Å²) in [4.78, 5) is 8.93. The van der Waals surface area contributed by atoms with E-state index >= 15 is 0 Å². The van der Waals surface area contributed by atoms with Crippen LogP contribution in [0.3, 0.4) is 0 Å². The molecular weight excluding hydrogens is 423 g/mol. The SMILES string of the molecule is CCNC(=NCc1ccccn1)NCC1(SC)CCOCC1.I. The summed E-state index contributed by atoms with van der Waals surface area (Å²) in [6.45, 7) is 6.13. The standard InChI is InChI=1S/C16H26N4OS.HI/c1-3-17-15(19-12-14-6-4-5-9-18-14)20-13-16(22-2)7-10-21-11-8-16;/h4-6,9H,3,7-8,10-13H2,1-2H3,(H2,17,19,20);1H. The number of rotatable bonds is 6. The normalized spacial score (nSPS) is 17.2. The fourth-order valence-corrected chi connectivity index (χ4v) is 3.23. The van der Waals surface area contributed by atoms with Crippen LogP contribution in [0.5, 0.6) is 0 Å². The fourth-order valence-electron chi connectivity index (χ4n) is 2.43. The second-order valence-electron chi connectivity index (χ2n) is 5.37. The van der Waals surface area contributed by atoms with E-state index in [9.17, 15) is 0 Å². The van der Waals surface area contributed by atoms with E-state index in [0.29, 0.717) is 6.54 Å². The second-order valence-corrected chi connectivity index (χ2v) is 6.64. The number of nitrogens with one attached hydrogen (secondary N) is 2. The van der Waals surface area contributed by atoms with Crippen LogP contribution in [-0.2, 0) is 11.3 Å². The maximum atomic E-state index is 5.49. The van der Waals surface area contributed by atoms with Gasteiger partial charge < -0.3 is 15.4 Å². The molecule has 1 aromatic heterocycles. The molecule has 0 amide bonds. The summed E-state index contributed by atoms with van der Waals surface area (Å²) in [5.74, 6) is 0.855. The van der Waals surface area contributed by atoms with Crippen LogP contribution in [0.25, 0.3) is 0 Å². The van der Waals surface area contributed by atoms with Crippen LogP contribution in [-0.4, -0.2) is 48.2 Å². The minimum atomic E-state index is 0. The van der Waals surface area contributed by atoms with Crippen molar-refractivity contribution < 1.29 is 4.74 Å². The molecule has 130 valence electrons. The molecule has 23 heavy (non-hydrogen) atoms. The molecule has 1 saturated heterocycles. The lowest BCUT2D eigenvalue weighted by Gasteiger charge is -2.36. The number of pyridine rings is 1. The average Bonchev–Trinajstić information content (AvgIpc) is 2.59. The summed E-state index contributed by atoms with van der Waals surface area (Å²) in [5, 5.41) is 6.79. The highest BCUT2D eigenvalue weighted by Crippen LogP contribution is 2.32. The van der Waals surface area contributed by atoms with E-state index in [1.807, 2.05) is 30.0 Å². The molecule has 5 nitrogen and oxygen atoms in total. The minimum Gasteiger partial charge on any atom is -0.381 e. The first-order valence-electron chi connectivity index (χ1n) is 7.83. The highest BCUT2D eigenvalue weighted by molar-refractivity contribution is 14.0. The monoisotopic (exact) mass is 450 g/mol. The van der Waals surface area contributed by atoms with Gasteiger partial charge in [0.1, 0.15) is 0 Å². The molecule has 2 heterocycles. The lowest BCUT2D eigenvalue weighted by atomic mass is 9.99. The molecule has 0 radical (unpaired) electrons. The van der Waals surface area contributed by atoms with Gasteiger partial charge >= 0.3 is 0 Å². The third-order valence-electron chi connectivity index (χ3n) is 3.88. The van der Waals surface area contributed by atoms with E-state index in [4.69, 9.17) is 4.74 Å². The molecule has 1 fully saturated rings. The highest BCUT2D eigenvalue weighted by Gasteiger charge is 2.31. The van der Waals surface area contributed by atoms with E-state index < -0.39 is 0 Å². The zero-order chi connectivity index (χ0) is 15.7. The molecule has 7 heteroatoms. The molecule has 1 aliphatic heterocycles. The molecule has 1 aliphatic rings. The number of aliphatic imine (C=N–C) groups is 1. The smallest absolute Gasteiger partial charge is 0.191 e. The van der Waals surface area contributed by atoms with Crippen molar-refractivity contribution in [3.63, 3.8) is 0 Å². The van der Waals surface area contributed by atoms with Gasteiger partial charge in [-0.1, -0.05) is 6.07 Å². The highest BCUT2D eigenvalue weighted by atomic mass is 127. The van der Waals surface area contributed by atoms with Crippen LogP contribution in [0.2, 0.25) is 0 Å². The molecule has 0 atom stereocenters. The molecule has 0 unspecified atom stereocenters. The van der Waals surface area contributed by atoms with Crippen molar-refractivity contribution in [3.8, 4) is 0 Å². The predicted molar refractivity (Wildman–Crippen MR) is 109 cm³/mol. The average molecular weight is 450 g/mol. The summed E-state index contributed by atoms with van der Waals surface area (Å²) in [7, 11) is 0. The maximum Gasteiger partial charge on any atom is 0.191 e. The Morgan fingerprint density at radius 1 is 1.35 bits per heavy atom. The zero-order valence-corrected chi connectivity index (χ0v) is 17.0. The molecule has 0 spiro atoms. The van der Waals surface area contributed by atoms with E-state index in [1.165, 1.54) is 0 Å². The number of thioether (sulfide) groups is 1. The Kier molecular flexibility index (Phi) is 9.89. The Hall–Kier alpha value is -0.540. The van der Waals surface area contributed by atoms with E-state index in [2.05, 4.69) is 33.8 Å². The predicted octanol–water partition coefficient (Wildman–Crippen LogP) is 2.67. The van der Waals surface area contributed by atoms with E-state index in [1.54, 1.807) is 6.20 Å². The van der Waals surface area contributed by atoms with Gasteiger partial charge in [0.2, 0.25) is 0 Å². The lowest BCUT2D eigenvalue weighted by Crippen LogP contribution is -2.47. The largest absolute Gasteiger partial charge is 0.381 e. The quantitative estimate of drug-likeness (QED) is 0.397. The number of ether oxygens (including phenoxy) is 1. The van der Waals surface area contributed by atoms with Crippen molar-refractivity contribution >= 4 is 41.7 Å². The van der Waals surface area contributed by atoms with Gasteiger partial charge in [0, 0.05) is 37.2 Å². The molecular formula is C16H27IN4OS. The number of halogens is 1. The van der Waals surface area contributed by atoms with Crippen molar-refractivity contribution in [2.75, 3.05) is 32.6 Å². The summed E-state index contributed by atoms with van der Waals surface area (Å²) < 4.78 is 5.74. The van der Waals surface area contributed by atoms with Crippen molar-refractivity contribution in [1.29, 1.82) is 0 Å². The maximum absolute atomic E-state index is 5.49. The third-order valence-corrected chi connectivity index (χ3v) is 5.30. The molecule has 0 saturated carbocycles. The van der Waals surface area contributed by atoms with E-state index in [-0.39, 0.29) is 28.7 Å². The van der Waals surface area contributed by atoms with Crippen LogP contribution < -0.4 is 10.6 Å². The molecule has 0 aliphatic carbocycles. The summed E-state index contributed by atoms with van der Waals surface area (Å²) >= 11 is 1.93. The number of guanidine groups is 1. The number of hydrogen-bond donors (Lipinski definition) is 2. The first-order valence-corrected chi connectivity index (χ1v) is 9.05. The van der Waals surface area contributed by atoms with Gasteiger partial charge in [-0.15, -0.1) is 24.0 Å². The molecule has 0 aromatic carbocycles. The van der Waals surface area contributed by atoms with Gasteiger partial charge in [-0.05, 0) is 38.2 Å². The van der Waals surface area contributed by atoms with Gasteiger partial charge in [-0.2, -0.15) is 11.8 Å². The Bertz CT molecular complexity index is 466. The topological polar surface area (TPSA) is 58.5 Å². The van der Waals surface area contributed by atoms with Gasteiger partial charge in [-0.25, -0.2) is 4.99 Å². The number of hydrogen-bond acceptors (Lipinski definition) is 4. The van der Waals surface area contributed by atoms with Crippen LogP contribution in [0.1, 0.15) is 25.5 Å². The Morgan fingerprint density at radius 2 is 2.13 bits per heavy atom. The first-order chi connectivity index (χ1) is 10.8. The third kappa shape index (κ3) is 6.84. The van der Waals surface area contributed by atoms with Crippen LogP contribution in [0.15, 0.2) is 29.4 Å². The summed E-state index contributed by atoms with van der Waals surface area (Å²) in [6.07, 6.45) is 6.16. The van der Waals surface area contributed by atoms with Crippen molar-refractivity contribution in [3.05, 3.63) is 30.1 Å². The van der Waals surface area contributed by atoms with Crippen LogP contribution in [0.4, 0.5) is 0 Å². The summed E-state index contributed by atoms with van der Waals surface area (Å²) in [5.41, 5.74) is 0.977. The van der Waals surface area contributed by atoms with Crippen LogP contribution >= 0.6 is 35.7 Å². The Labute approximate surface area is 160 Å². The number of nitrogens with zero attached hydrogens (tertiary/aromatic N) is 2. The summed E-state index contributed by atoms with van der Waals surface area (Å²) in [6, 6.07) is 5.90. The molecule has 2 rings (SSSR count). The van der Waals surface area contributed by atoms with Crippen LogP contribution in [0, 0.1) is 0 Å². The minimum absolute atomic E-state index is 0.